The van der Waals surface area contributed by atoms with Crippen molar-refractivity contribution in [1.29, 1.82) is 10.5 Å². The van der Waals surface area contributed by atoms with Gasteiger partial charge in [-0.1, -0.05) is 18.2 Å². The van der Waals surface area contributed by atoms with E-state index in [1.165, 1.54) is 6.08 Å². The molecule has 24 heavy (non-hydrogen) atoms. The Kier molecular flexibility index (Phi) is 5.95. The lowest BCUT2D eigenvalue weighted by molar-refractivity contribution is 0.0509. The van der Waals surface area contributed by atoms with Crippen LogP contribution in [0.15, 0.2) is 40.5 Å². The van der Waals surface area contributed by atoms with Gasteiger partial charge in [0.15, 0.2) is 0 Å². The summed E-state index contributed by atoms with van der Waals surface area (Å²) >= 11 is 3.40. The van der Waals surface area contributed by atoms with Gasteiger partial charge < -0.3 is 9.72 Å². The minimum absolute atomic E-state index is 0.00582. The van der Waals surface area contributed by atoms with E-state index in [4.69, 9.17) is 15.3 Å². The molecule has 0 amide bonds. The molecule has 0 spiro atoms. The molecular weight excluding hydrogens is 370 g/mol. The number of nitrogens with zero attached hydrogens (tertiary/aromatic N) is 2. The van der Waals surface area contributed by atoms with Gasteiger partial charge in [-0.3, -0.25) is 0 Å². The van der Waals surface area contributed by atoms with Gasteiger partial charge in [0.25, 0.3) is 0 Å². The van der Waals surface area contributed by atoms with E-state index in [0.29, 0.717) is 17.7 Å². The third kappa shape index (κ3) is 4.13. The first-order chi connectivity index (χ1) is 11.6. The Morgan fingerprint density at radius 3 is 2.58 bits per heavy atom. The molecule has 1 N–H and O–H groups in total. The van der Waals surface area contributed by atoms with E-state index in [0.717, 1.165) is 15.7 Å². The topological polar surface area (TPSA) is 89.7 Å². The number of halogens is 1. The average Bonchev–Trinajstić information content (AvgIpc) is 2.87. The quantitative estimate of drug-likeness (QED) is 0.625. The number of nitriles is 2. The first-order valence-electron chi connectivity index (χ1n) is 7.17. The van der Waals surface area contributed by atoms with Crippen LogP contribution in [0, 0.1) is 29.6 Å². The molecule has 5 nitrogen and oxygen atoms in total. The third-order valence-corrected chi connectivity index (χ3v) is 4.27. The lowest BCUT2D eigenvalue weighted by Crippen LogP contribution is -2.08. The Bertz CT molecular complexity index is 839. The molecule has 6 heteroatoms. The molecule has 0 saturated heterocycles. The highest BCUT2D eigenvalue weighted by atomic mass is 79.9. The minimum Gasteiger partial charge on any atom is -0.462 e. The highest BCUT2D eigenvalue weighted by Gasteiger charge is 2.13. The molecule has 120 valence electrons. The number of esters is 1. The van der Waals surface area contributed by atoms with Gasteiger partial charge in [0.05, 0.1) is 16.8 Å². The number of H-pyrrole nitrogens is 1. The summed E-state index contributed by atoms with van der Waals surface area (Å²) in [6.45, 7) is 2.11. The molecular formula is C18H14BrN3O2. The van der Waals surface area contributed by atoms with Crippen molar-refractivity contribution in [2.45, 2.75) is 13.3 Å². The second kappa shape index (κ2) is 8.14. The fraction of sp³-hybridized carbons (Fsp3) is 0.167. The number of aromatic amines is 1. The molecule has 0 fully saturated rings. The number of benzene rings is 1. The molecule has 2 rings (SSSR count). The predicted molar refractivity (Wildman–Crippen MR) is 92.9 cm³/mol. The van der Waals surface area contributed by atoms with Crippen LogP contribution in [0.25, 0.3) is 6.08 Å². The van der Waals surface area contributed by atoms with Gasteiger partial charge in [-0.25, -0.2) is 4.79 Å². The fourth-order valence-corrected chi connectivity index (χ4v) is 2.66. The molecule has 0 radical (unpaired) electrons. The van der Waals surface area contributed by atoms with Gasteiger partial charge in [0.1, 0.15) is 17.7 Å². The molecule has 0 aliphatic rings. The summed E-state index contributed by atoms with van der Waals surface area (Å²) in [5, 5.41) is 17.8. The van der Waals surface area contributed by atoms with Gasteiger partial charge >= 0.3 is 5.97 Å². The van der Waals surface area contributed by atoms with Crippen LogP contribution in [0.5, 0.6) is 0 Å². The van der Waals surface area contributed by atoms with Gasteiger partial charge in [-0.05, 0) is 52.2 Å². The largest absolute Gasteiger partial charge is 0.462 e. The smallest absolute Gasteiger partial charge is 0.338 e. The lowest BCUT2D eigenvalue weighted by Gasteiger charge is -2.06. The van der Waals surface area contributed by atoms with Crippen LogP contribution in [-0.4, -0.2) is 17.6 Å². The van der Waals surface area contributed by atoms with Gasteiger partial charge in [-0.2, -0.15) is 10.5 Å². The van der Waals surface area contributed by atoms with E-state index >= 15 is 0 Å². The maximum absolute atomic E-state index is 11.9. The molecule has 1 aromatic carbocycles. The van der Waals surface area contributed by atoms with E-state index in [1.807, 2.05) is 25.1 Å². The minimum atomic E-state index is -0.380. The Labute approximate surface area is 148 Å². The third-order valence-electron chi connectivity index (χ3n) is 3.48. The normalized spacial score (nSPS) is 9.67. The highest BCUT2D eigenvalue weighted by Crippen LogP contribution is 2.25. The Morgan fingerprint density at radius 1 is 1.29 bits per heavy atom. The van der Waals surface area contributed by atoms with Crippen LogP contribution < -0.4 is 0 Å². The number of aromatic nitrogens is 1. The monoisotopic (exact) mass is 383 g/mol. The molecule has 0 atom stereocenters. The van der Waals surface area contributed by atoms with Crippen LogP contribution >= 0.6 is 15.9 Å². The zero-order valence-electron chi connectivity index (χ0n) is 13.0. The number of rotatable bonds is 5. The van der Waals surface area contributed by atoms with E-state index in [-0.39, 0.29) is 18.1 Å². The number of carbonyl (C=O) groups is 1. The maximum atomic E-state index is 11.9. The van der Waals surface area contributed by atoms with Gasteiger partial charge in [0.2, 0.25) is 0 Å². The summed E-state index contributed by atoms with van der Waals surface area (Å²) in [7, 11) is 0. The van der Waals surface area contributed by atoms with E-state index in [9.17, 15) is 4.79 Å². The highest BCUT2D eigenvalue weighted by molar-refractivity contribution is 9.10. The zero-order valence-corrected chi connectivity index (χ0v) is 14.6. The molecule has 1 heterocycles. The summed E-state index contributed by atoms with van der Waals surface area (Å²) in [6, 6.07) is 12.4. The summed E-state index contributed by atoms with van der Waals surface area (Å²) in [4.78, 5) is 15.0. The molecule has 1 aromatic heterocycles. The van der Waals surface area contributed by atoms with Crippen molar-refractivity contribution in [3.05, 3.63) is 62.9 Å². The van der Waals surface area contributed by atoms with Crippen molar-refractivity contribution < 1.29 is 9.53 Å². The second-order valence-corrected chi connectivity index (χ2v) is 5.78. The Balaban J connectivity index is 2.10. The number of hydrogen-bond acceptors (Lipinski definition) is 4. The summed E-state index contributed by atoms with van der Waals surface area (Å²) in [5.41, 5.74) is 3.01. The van der Waals surface area contributed by atoms with Gasteiger partial charge in [0, 0.05) is 12.1 Å². The zero-order chi connectivity index (χ0) is 17.5. The van der Waals surface area contributed by atoms with E-state index in [2.05, 4.69) is 20.9 Å². The van der Waals surface area contributed by atoms with Crippen molar-refractivity contribution in [1.82, 2.24) is 4.98 Å². The van der Waals surface area contributed by atoms with Crippen molar-refractivity contribution in [2.75, 3.05) is 6.61 Å². The van der Waals surface area contributed by atoms with Crippen molar-refractivity contribution in [3.63, 3.8) is 0 Å². The standard InChI is InChI=1S/C18H14BrN3O2/c1-12-15(16(22-17(12)19)9-13(10-20)11-21)7-8-24-18(23)14-5-3-2-4-6-14/h2-6,9,22H,7-8H2,1H3. The van der Waals surface area contributed by atoms with Gasteiger partial charge in [-0.15, -0.1) is 0 Å². The molecule has 0 bridgehead atoms. The number of allylic oxidation sites excluding steroid dienone is 1. The summed E-state index contributed by atoms with van der Waals surface area (Å²) in [5.74, 6) is -0.380. The van der Waals surface area contributed by atoms with E-state index in [1.54, 1.807) is 24.3 Å². The van der Waals surface area contributed by atoms with Crippen molar-refractivity contribution in [2.24, 2.45) is 0 Å². The van der Waals surface area contributed by atoms with Crippen LogP contribution in [0.2, 0.25) is 0 Å². The van der Waals surface area contributed by atoms with Crippen LogP contribution in [-0.2, 0) is 11.2 Å². The number of carbonyl (C=O) groups excluding carboxylic acids is 1. The SMILES string of the molecule is Cc1c(Br)[nH]c(C=C(C#N)C#N)c1CCOC(=O)c1ccccc1. The predicted octanol–water partition coefficient (Wildman–Crippen LogP) is 3.92. The molecule has 2 aromatic rings. The van der Waals surface area contributed by atoms with Crippen LogP contribution in [0.1, 0.15) is 27.2 Å². The first kappa shape index (κ1) is 17.5. The van der Waals surface area contributed by atoms with Crippen molar-refractivity contribution >= 4 is 28.0 Å². The average molecular weight is 384 g/mol. The fourth-order valence-electron chi connectivity index (χ4n) is 2.20. The number of nitrogens with one attached hydrogen (secondary N) is 1. The van der Waals surface area contributed by atoms with E-state index < -0.39 is 0 Å². The van der Waals surface area contributed by atoms with Crippen molar-refractivity contribution in [3.8, 4) is 12.1 Å². The maximum Gasteiger partial charge on any atom is 0.338 e. The first-order valence-corrected chi connectivity index (χ1v) is 7.97. The van der Waals surface area contributed by atoms with Crippen LogP contribution in [0.4, 0.5) is 0 Å². The molecule has 0 aliphatic carbocycles. The Morgan fingerprint density at radius 2 is 1.96 bits per heavy atom. The summed E-state index contributed by atoms with van der Waals surface area (Å²) in [6.07, 6.45) is 1.97. The second-order valence-electron chi connectivity index (χ2n) is 4.99. The molecule has 0 saturated carbocycles. The summed E-state index contributed by atoms with van der Waals surface area (Å²) < 4.78 is 6.06. The lowest BCUT2D eigenvalue weighted by atomic mass is 10.1. The molecule has 0 unspecified atom stereocenters. The Hall–Kier alpha value is -2.83. The number of hydrogen-bond donors (Lipinski definition) is 1. The molecule has 0 aliphatic heterocycles. The van der Waals surface area contributed by atoms with Crippen LogP contribution in [0.3, 0.4) is 0 Å². The number of ether oxygens (including phenoxy) is 1.